The van der Waals surface area contributed by atoms with Crippen molar-refractivity contribution in [3.8, 4) is 0 Å². The fourth-order valence-corrected chi connectivity index (χ4v) is 1.84. The van der Waals surface area contributed by atoms with E-state index in [0.717, 1.165) is 24.1 Å². The summed E-state index contributed by atoms with van der Waals surface area (Å²) in [6.45, 7) is 10.6. The van der Waals surface area contributed by atoms with Gasteiger partial charge in [-0.15, -0.1) is 0 Å². The predicted octanol–water partition coefficient (Wildman–Crippen LogP) is 4.79. The number of nitrogens with two attached hydrogens (primary N) is 1. The van der Waals surface area contributed by atoms with Gasteiger partial charge in [-0.1, -0.05) is 39.3 Å². The van der Waals surface area contributed by atoms with Gasteiger partial charge in [0.1, 0.15) is 0 Å². The van der Waals surface area contributed by atoms with Crippen LogP contribution in [-0.2, 0) is 5.54 Å². The Kier molecular flexibility index (Phi) is 5.67. The van der Waals surface area contributed by atoms with Gasteiger partial charge in [0.25, 0.3) is 0 Å². The Morgan fingerprint density at radius 2 is 1.68 bits per heavy atom. The van der Waals surface area contributed by atoms with Crippen molar-refractivity contribution in [2.75, 3.05) is 0 Å². The summed E-state index contributed by atoms with van der Waals surface area (Å²) in [6.07, 6.45) is 2.08. The van der Waals surface area contributed by atoms with Gasteiger partial charge in [-0.3, -0.25) is 0 Å². The van der Waals surface area contributed by atoms with Gasteiger partial charge >= 0.3 is 0 Å². The highest BCUT2D eigenvalue weighted by atomic mass is 15.1. The molecular formula is C16H27N3. The van der Waals surface area contributed by atoms with Crippen molar-refractivity contribution in [2.45, 2.75) is 59.0 Å². The second kappa shape index (κ2) is 6.80. The fraction of sp³-hybridized carbons (Fsp3) is 0.625. The molecule has 106 valence electrons. The molecule has 0 aliphatic rings. The molecule has 3 unspecified atom stereocenters. The van der Waals surface area contributed by atoms with Crippen LogP contribution in [-0.4, -0.2) is 6.04 Å². The van der Waals surface area contributed by atoms with Crippen molar-refractivity contribution in [1.82, 2.24) is 0 Å². The molecule has 0 aromatic heterocycles. The van der Waals surface area contributed by atoms with Gasteiger partial charge in [-0.05, 0) is 43.9 Å². The topological polar surface area (TPSA) is 50.7 Å². The zero-order chi connectivity index (χ0) is 14.5. The molecule has 0 aliphatic carbocycles. The first-order valence-electron chi connectivity index (χ1n) is 7.22. The van der Waals surface area contributed by atoms with E-state index in [1.165, 1.54) is 0 Å². The van der Waals surface area contributed by atoms with Crippen LogP contribution >= 0.6 is 0 Å². The van der Waals surface area contributed by atoms with Crippen LogP contribution in [0.1, 0.15) is 53.0 Å². The SMILES string of the molecule is CCC(C)N=Nc1ccc(C(C)(N)C(C)CC)cc1. The summed E-state index contributed by atoms with van der Waals surface area (Å²) in [5.41, 5.74) is 8.19. The Balaban J connectivity index is 2.85. The lowest BCUT2D eigenvalue weighted by Crippen LogP contribution is -2.39. The largest absolute Gasteiger partial charge is 0.321 e. The third kappa shape index (κ3) is 4.13. The Bertz CT molecular complexity index is 407. The smallest absolute Gasteiger partial charge is 0.0852 e. The number of rotatable bonds is 6. The molecule has 0 saturated heterocycles. The molecule has 1 aromatic rings. The van der Waals surface area contributed by atoms with Crippen LogP contribution in [0.5, 0.6) is 0 Å². The fourth-order valence-electron chi connectivity index (χ4n) is 1.84. The third-order valence-corrected chi connectivity index (χ3v) is 4.09. The highest BCUT2D eigenvalue weighted by Gasteiger charge is 2.26. The minimum atomic E-state index is -0.291. The first-order chi connectivity index (χ1) is 8.91. The zero-order valence-electron chi connectivity index (χ0n) is 12.9. The molecule has 3 heteroatoms. The monoisotopic (exact) mass is 261 g/mol. The van der Waals surface area contributed by atoms with Crippen molar-refractivity contribution >= 4 is 5.69 Å². The molecule has 0 saturated carbocycles. The standard InChI is InChI=1S/C16H27N3/c1-6-12(3)16(5,17)14-8-10-15(11-9-14)19-18-13(4)7-2/h8-13H,6-7,17H2,1-5H3. The molecular weight excluding hydrogens is 234 g/mol. The quantitative estimate of drug-likeness (QED) is 0.735. The molecule has 3 atom stereocenters. The lowest BCUT2D eigenvalue weighted by atomic mass is 9.80. The maximum absolute atomic E-state index is 6.43. The second-order valence-corrected chi connectivity index (χ2v) is 5.61. The van der Waals surface area contributed by atoms with Gasteiger partial charge in [0.2, 0.25) is 0 Å². The summed E-state index contributed by atoms with van der Waals surface area (Å²) < 4.78 is 0. The van der Waals surface area contributed by atoms with E-state index < -0.39 is 0 Å². The van der Waals surface area contributed by atoms with Crippen LogP contribution in [0.4, 0.5) is 5.69 Å². The van der Waals surface area contributed by atoms with Crippen molar-refractivity contribution in [3.05, 3.63) is 29.8 Å². The Morgan fingerprint density at radius 1 is 1.11 bits per heavy atom. The van der Waals surface area contributed by atoms with Crippen LogP contribution in [0, 0.1) is 5.92 Å². The van der Waals surface area contributed by atoms with Crippen molar-refractivity contribution < 1.29 is 0 Å². The Morgan fingerprint density at radius 3 is 2.16 bits per heavy atom. The lowest BCUT2D eigenvalue weighted by molar-refractivity contribution is 0.316. The van der Waals surface area contributed by atoms with Crippen molar-refractivity contribution in [3.63, 3.8) is 0 Å². The molecule has 0 fully saturated rings. The highest BCUT2D eigenvalue weighted by Crippen LogP contribution is 2.29. The Labute approximate surface area is 117 Å². The summed E-state index contributed by atoms with van der Waals surface area (Å²) in [7, 11) is 0. The predicted molar refractivity (Wildman–Crippen MR) is 81.7 cm³/mol. The maximum atomic E-state index is 6.43. The van der Waals surface area contributed by atoms with Crippen LogP contribution in [0.2, 0.25) is 0 Å². The number of benzene rings is 1. The summed E-state index contributed by atoms with van der Waals surface area (Å²) in [6, 6.07) is 8.40. The van der Waals surface area contributed by atoms with Gasteiger partial charge < -0.3 is 5.73 Å². The normalized spacial score (nSPS) is 18.2. The van der Waals surface area contributed by atoms with E-state index in [1.54, 1.807) is 0 Å². The van der Waals surface area contributed by atoms with E-state index in [1.807, 2.05) is 12.1 Å². The molecule has 1 rings (SSSR count). The molecule has 0 bridgehead atoms. The molecule has 0 radical (unpaired) electrons. The van der Waals surface area contributed by atoms with E-state index >= 15 is 0 Å². The lowest BCUT2D eigenvalue weighted by Gasteiger charge is -2.31. The first-order valence-corrected chi connectivity index (χ1v) is 7.22. The molecule has 19 heavy (non-hydrogen) atoms. The van der Waals surface area contributed by atoms with Gasteiger partial charge in [-0.2, -0.15) is 10.2 Å². The minimum Gasteiger partial charge on any atom is -0.321 e. The van der Waals surface area contributed by atoms with E-state index in [0.29, 0.717) is 5.92 Å². The third-order valence-electron chi connectivity index (χ3n) is 4.09. The van der Waals surface area contributed by atoms with Gasteiger partial charge in [-0.25, -0.2) is 0 Å². The minimum absolute atomic E-state index is 0.277. The van der Waals surface area contributed by atoms with Crippen molar-refractivity contribution in [1.29, 1.82) is 0 Å². The summed E-state index contributed by atoms with van der Waals surface area (Å²) in [5, 5.41) is 8.50. The number of nitrogens with zero attached hydrogens (tertiary/aromatic N) is 2. The van der Waals surface area contributed by atoms with E-state index in [4.69, 9.17) is 5.73 Å². The van der Waals surface area contributed by atoms with Crippen LogP contribution in [0.3, 0.4) is 0 Å². The molecule has 0 amide bonds. The summed E-state index contributed by atoms with van der Waals surface area (Å²) in [5.74, 6) is 0.445. The average molecular weight is 261 g/mol. The highest BCUT2D eigenvalue weighted by molar-refractivity contribution is 5.40. The van der Waals surface area contributed by atoms with Gasteiger partial charge in [0.05, 0.1) is 11.7 Å². The average Bonchev–Trinajstić information content (AvgIpc) is 2.44. The van der Waals surface area contributed by atoms with E-state index in [-0.39, 0.29) is 11.6 Å². The van der Waals surface area contributed by atoms with Gasteiger partial charge in [0.15, 0.2) is 0 Å². The number of hydrogen-bond donors (Lipinski definition) is 1. The number of azo groups is 1. The van der Waals surface area contributed by atoms with E-state index in [9.17, 15) is 0 Å². The maximum Gasteiger partial charge on any atom is 0.0852 e. The molecule has 0 heterocycles. The number of hydrogen-bond acceptors (Lipinski definition) is 3. The van der Waals surface area contributed by atoms with E-state index in [2.05, 4.69) is 57.0 Å². The van der Waals surface area contributed by atoms with Gasteiger partial charge in [0, 0.05) is 5.54 Å². The van der Waals surface area contributed by atoms with Crippen LogP contribution < -0.4 is 5.73 Å². The molecule has 0 spiro atoms. The molecule has 0 aliphatic heterocycles. The van der Waals surface area contributed by atoms with Crippen LogP contribution in [0.25, 0.3) is 0 Å². The zero-order valence-corrected chi connectivity index (χ0v) is 12.9. The Hall–Kier alpha value is -1.22. The molecule has 2 N–H and O–H groups in total. The molecule has 1 aromatic carbocycles. The second-order valence-electron chi connectivity index (χ2n) is 5.61. The van der Waals surface area contributed by atoms with Crippen LogP contribution in [0.15, 0.2) is 34.5 Å². The summed E-state index contributed by atoms with van der Waals surface area (Å²) in [4.78, 5) is 0. The summed E-state index contributed by atoms with van der Waals surface area (Å²) >= 11 is 0. The van der Waals surface area contributed by atoms with Crippen molar-refractivity contribution in [2.24, 2.45) is 21.9 Å². The molecule has 3 nitrogen and oxygen atoms in total. The first kappa shape index (κ1) is 15.8.